The number of hydrogen-bond acceptors (Lipinski definition) is 8. The van der Waals surface area contributed by atoms with E-state index in [-0.39, 0.29) is 0 Å². The molecule has 3 aromatic carbocycles. The number of rotatable bonds is 5. The first-order chi connectivity index (χ1) is 17.8. The van der Waals surface area contributed by atoms with E-state index in [0.717, 1.165) is 6.16 Å². The van der Waals surface area contributed by atoms with Crippen molar-refractivity contribution in [3.8, 4) is 0 Å². The minimum absolute atomic E-state index is 0.977. The predicted molar refractivity (Wildman–Crippen MR) is 145 cm³/mol. The monoisotopic (exact) mass is 559 g/mol. The van der Waals surface area contributed by atoms with Gasteiger partial charge in [0.25, 0.3) is 0 Å². The van der Waals surface area contributed by atoms with E-state index in [2.05, 4.69) is 104 Å². The molecule has 0 bridgehead atoms. The van der Waals surface area contributed by atoms with Crippen LogP contribution in [0.1, 0.15) is 0 Å². The van der Waals surface area contributed by atoms with Gasteiger partial charge in [0.15, 0.2) is 0 Å². The van der Waals surface area contributed by atoms with Crippen LogP contribution in [0.25, 0.3) is 0 Å². The minimum atomic E-state index is -2.67. The fourth-order valence-electron chi connectivity index (χ4n) is 3.00. The van der Waals surface area contributed by atoms with Gasteiger partial charge in [-0.15, -0.1) is 0 Å². The fraction of sp³-hybridized carbons (Fsp3) is 0.0476. The Morgan fingerprint density at radius 3 is 0.842 bits per heavy atom. The second-order valence-corrected chi connectivity index (χ2v) is 10.1. The Morgan fingerprint density at radius 1 is 0.500 bits per heavy atom. The van der Waals surface area contributed by atoms with Crippen LogP contribution < -0.4 is 15.9 Å². The molecule has 38 heavy (non-hydrogen) atoms. The van der Waals surface area contributed by atoms with Crippen molar-refractivity contribution >= 4 is 52.8 Å². The molecule has 0 aliphatic heterocycles. The van der Waals surface area contributed by atoms with Crippen molar-refractivity contribution in [3.63, 3.8) is 0 Å². The number of benzene rings is 3. The number of hydrogen-bond donors (Lipinski definition) is 8. The van der Waals surface area contributed by atoms with Crippen LogP contribution in [0.4, 0.5) is 17.3 Å². The van der Waals surface area contributed by atoms with Crippen LogP contribution in [0, 0.1) is 0 Å². The molecule has 0 aliphatic rings. The van der Waals surface area contributed by atoms with E-state index in [9.17, 15) is 17.3 Å². The summed E-state index contributed by atoms with van der Waals surface area (Å²) in [5.41, 5.74) is 0. The van der Waals surface area contributed by atoms with Crippen LogP contribution in [0.3, 0.4) is 0 Å². The highest BCUT2D eigenvalue weighted by atomic mass is 31.2. The summed E-state index contributed by atoms with van der Waals surface area (Å²) in [5.74, 6) is 0. The van der Waals surface area contributed by atoms with Crippen LogP contribution in [-0.2, 0) is 0 Å². The molecular weight excluding hydrogens is 530 g/mol. The zero-order valence-electron chi connectivity index (χ0n) is 20.0. The Hall–Kier alpha value is -2.51. The van der Waals surface area contributed by atoms with E-state index < -0.39 is 36.8 Å². The fourth-order valence-corrected chi connectivity index (χ4v) is 6.96. The Kier molecular flexibility index (Phi) is 22.3. The molecule has 0 fully saturated rings. The van der Waals surface area contributed by atoms with Crippen molar-refractivity contribution < 1.29 is 57.5 Å². The second kappa shape index (κ2) is 22.5. The first kappa shape index (κ1) is 37.6. The third kappa shape index (κ3) is 18.7. The number of halogens is 4. The van der Waals surface area contributed by atoms with Crippen molar-refractivity contribution in [3.05, 3.63) is 104 Å². The molecule has 0 aromatic heterocycles. The molecule has 0 saturated carbocycles. The van der Waals surface area contributed by atoms with Gasteiger partial charge in [-0.1, -0.05) is 67.3 Å². The first-order valence-corrected chi connectivity index (χ1v) is 12.4. The zero-order chi connectivity index (χ0) is 29.6. The normalized spacial score (nSPS) is 9.26. The quantitative estimate of drug-likeness (QED) is 0.0930. The molecule has 204 valence electrons. The van der Waals surface area contributed by atoms with Crippen molar-refractivity contribution in [2.75, 3.05) is 6.16 Å². The molecule has 17 heteroatoms. The summed E-state index contributed by atoms with van der Waals surface area (Å²) in [6.45, 7) is 4.05. The van der Waals surface area contributed by atoms with Gasteiger partial charge in [0, 0.05) is 0 Å². The predicted octanol–water partition coefficient (Wildman–Crippen LogP) is -0.132. The Labute approximate surface area is 220 Å². The highest BCUT2D eigenvalue weighted by molar-refractivity contribution is 7.95. The van der Waals surface area contributed by atoms with Crippen molar-refractivity contribution in [1.29, 1.82) is 0 Å². The molecule has 3 aromatic rings. The lowest BCUT2D eigenvalue weighted by Crippen LogP contribution is -2.32. The Bertz CT molecular complexity index is 822. The van der Waals surface area contributed by atoms with Gasteiger partial charge < -0.3 is 40.2 Å². The van der Waals surface area contributed by atoms with Crippen molar-refractivity contribution in [1.82, 2.24) is 0 Å². The topological polar surface area (TPSA) is 162 Å². The molecule has 0 unspecified atom stereocenters. The molecule has 0 spiro atoms. The average Bonchev–Trinajstić information content (AvgIpc) is 2.83. The summed E-state index contributed by atoms with van der Waals surface area (Å²) >= 11 is 0. The molecule has 8 nitrogen and oxygen atoms in total. The van der Waals surface area contributed by atoms with Gasteiger partial charge in [0.05, 0.1) is 6.16 Å². The van der Waals surface area contributed by atoms with E-state index in [1.165, 1.54) is 15.9 Å². The third-order valence-corrected chi connectivity index (χ3v) is 8.34. The summed E-state index contributed by atoms with van der Waals surface area (Å²) in [6, 6.07) is 32.7. The summed E-state index contributed by atoms with van der Waals surface area (Å²) in [4.78, 5) is 0. The maximum absolute atomic E-state index is 10.1. The summed E-state index contributed by atoms with van der Waals surface area (Å²) < 4.78 is 40.4. The van der Waals surface area contributed by atoms with Gasteiger partial charge in [-0.25, -0.2) is 0 Å². The zero-order valence-corrected chi connectivity index (χ0v) is 20.9. The highest BCUT2D eigenvalue weighted by Crippen LogP contribution is 2.55. The molecule has 0 aliphatic carbocycles. The maximum Gasteiger partial charge on any atom is 0.674 e. The summed E-state index contributed by atoms with van der Waals surface area (Å²) in [5, 5.41) is 59.8. The minimum Gasteiger partial charge on any atom is -0.398 e. The second-order valence-electron chi connectivity index (χ2n) is 6.53. The molecular formula is C21H28B4F4O8P+. The largest absolute Gasteiger partial charge is 0.674 e. The molecule has 0 saturated heterocycles. The van der Waals surface area contributed by atoms with Crippen LogP contribution in [-0.4, -0.2) is 75.9 Å². The average molecular weight is 559 g/mol. The van der Waals surface area contributed by atoms with Gasteiger partial charge in [-0.05, 0) is 36.4 Å². The smallest absolute Gasteiger partial charge is 0.398 e. The van der Waals surface area contributed by atoms with Crippen LogP contribution >= 0.6 is 7.26 Å². The van der Waals surface area contributed by atoms with Gasteiger partial charge in [0.2, 0.25) is 0 Å². The van der Waals surface area contributed by atoms with E-state index in [0.29, 0.717) is 0 Å². The standard InChI is InChI=1S/C21H20P.4BFH2O2/c1-2-18-22(19-12-6-3-7-13-19,20-14-8-4-9-15-20)21-16-10-5-11-17-21;4*2-1(3)4/h2-17H,1,18H2;4*3-4H/q+1;;;;. The van der Waals surface area contributed by atoms with Crippen LogP contribution in [0.15, 0.2) is 104 Å². The van der Waals surface area contributed by atoms with Gasteiger partial charge in [-0.2, -0.15) is 0 Å². The highest BCUT2D eigenvalue weighted by Gasteiger charge is 2.43. The molecule has 0 amide bonds. The first-order valence-electron chi connectivity index (χ1n) is 10.5. The lowest BCUT2D eigenvalue weighted by Gasteiger charge is -2.26. The summed E-state index contributed by atoms with van der Waals surface area (Å²) in [6.07, 6.45) is 3.05. The van der Waals surface area contributed by atoms with Gasteiger partial charge in [0.1, 0.15) is 23.2 Å². The van der Waals surface area contributed by atoms with Crippen molar-refractivity contribution in [2.24, 2.45) is 0 Å². The van der Waals surface area contributed by atoms with E-state index in [1.807, 2.05) is 0 Å². The van der Waals surface area contributed by atoms with Gasteiger partial charge >= 0.3 is 29.6 Å². The van der Waals surface area contributed by atoms with E-state index >= 15 is 0 Å². The molecule has 0 radical (unpaired) electrons. The third-order valence-electron chi connectivity index (χ3n) is 3.99. The van der Waals surface area contributed by atoms with E-state index in [1.54, 1.807) is 0 Å². The Balaban J connectivity index is 0. The molecule has 0 atom stereocenters. The molecule has 8 N–H and O–H groups in total. The van der Waals surface area contributed by atoms with Crippen molar-refractivity contribution in [2.45, 2.75) is 0 Å². The number of allylic oxidation sites excluding steroid dienone is 1. The Morgan fingerprint density at radius 2 is 0.684 bits per heavy atom. The SMILES string of the molecule is C=CC[P+](c1ccccc1)(c1ccccc1)c1ccccc1.OB(O)F.OB(O)F.OB(O)F.OB(O)F. The van der Waals surface area contributed by atoms with E-state index in [4.69, 9.17) is 40.2 Å². The lowest BCUT2D eigenvalue weighted by molar-refractivity contribution is 0.338. The maximum atomic E-state index is 10.1. The van der Waals surface area contributed by atoms with Gasteiger partial charge in [-0.3, -0.25) is 17.3 Å². The summed E-state index contributed by atoms with van der Waals surface area (Å²) in [7, 11) is -12.3. The van der Waals surface area contributed by atoms with Crippen LogP contribution in [0.2, 0.25) is 0 Å². The molecule has 3 rings (SSSR count). The lowest BCUT2D eigenvalue weighted by atomic mass is 10.3. The van der Waals surface area contributed by atoms with Crippen LogP contribution in [0.5, 0.6) is 0 Å². The molecule has 0 heterocycles.